The maximum atomic E-state index is 12.7. The van der Waals surface area contributed by atoms with Gasteiger partial charge in [0.15, 0.2) is 6.10 Å². The quantitative estimate of drug-likeness (QED) is 0.872. The smallest absolute Gasteiger partial charge is 0.265 e. The average Bonchev–Trinajstić information content (AvgIpc) is 3.11. The molecule has 6 heteroatoms. The number of amides is 2. The highest BCUT2D eigenvalue weighted by atomic mass is 35.5. The van der Waals surface area contributed by atoms with Gasteiger partial charge < -0.3 is 15.0 Å². The Morgan fingerprint density at radius 1 is 1.07 bits per heavy atom. The third-order valence-corrected chi connectivity index (χ3v) is 5.24. The molecular weight excluding hydrogens is 364 g/mol. The van der Waals surface area contributed by atoms with Crippen molar-refractivity contribution in [3.63, 3.8) is 0 Å². The Balaban J connectivity index is 1.42. The first-order chi connectivity index (χ1) is 13.1. The number of nitrogens with one attached hydrogen (secondary N) is 1. The number of benzene rings is 2. The van der Waals surface area contributed by atoms with Gasteiger partial charge in [0.25, 0.3) is 11.8 Å². The number of piperidine rings is 1. The number of carbonyl (C=O) groups is 2. The van der Waals surface area contributed by atoms with Crippen molar-refractivity contribution in [1.29, 1.82) is 0 Å². The fourth-order valence-electron chi connectivity index (χ4n) is 3.60. The number of likely N-dealkylation sites (tertiary alicyclic amines) is 1. The third-order valence-electron chi connectivity index (χ3n) is 5.01. The van der Waals surface area contributed by atoms with Gasteiger partial charge in [-0.05, 0) is 61.2 Å². The topological polar surface area (TPSA) is 58.6 Å². The minimum absolute atomic E-state index is 0.0185. The first kappa shape index (κ1) is 17.9. The molecule has 0 radical (unpaired) electrons. The Kier molecular flexibility index (Phi) is 5.03. The summed E-state index contributed by atoms with van der Waals surface area (Å²) in [5.41, 5.74) is 2.12. The van der Waals surface area contributed by atoms with Crippen LogP contribution in [-0.4, -0.2) is 35.9 Å². The second-order valence-electron chi connectivity index (χ2n) is 6.99. The first-order valence-corrected chi connectivity index (χ1v) is 9.63. The number of hydrogen-bond donors (Lipinski definition) is 1. The van der Waals surface area contributed by atoms with Crippen LogP contribution in [-0.2, 0) is 11.2 Å². The zero-order valence-electron chi connectivity index (χ0n) is 14.9. The molecule has 2 aliphatic rings. The van der Waals surface area contributed by atoms with Crippen molar-refractivity contribution < 1.29 is 14.3 Å². The van der Waals surface area contributed by atoms with E-state index in [0.717, 1.165) is 31.5 Å². The molecular formula is C21H21ClN2O3. The monoisotopic (exact) mass is 384 g/mol. The Hall–Kier alpha value is -2.53. The summed E-state index contributed by atoms with van der Waals surface area (Å²) in [5.74, 6) is 0.475. The average molecular weight is 385 g/mol. The third kappa shape index (κ3) is 3.93. The van der Waals surface area contributed by atoms with Crippen molar-refractivity contribution in [2.45, 2.75) is 31.8 Å². The number of hydrogen-bond acceptors (Lipinski definition) is 3. The van der Waals surface area contributed by atoms with Gasteiger partial charge in [-0.1, -0.05) is 17.7 Å². The molecule has 0 bridgehead atoms. The summed E-state index contributed by atoms with van der Waals surface area (Å²) in [5, 5.41) is 3.49. The lowest BCUT2D eigenvalue weighted by Crippen LogP contribution is -2.35. The molecule has 2 aromatic rings. The van der Waals surface area contributed by atoms with Gasteiger partial charge in [0.05, 0.1) is 0 Å². The van der Waals surface area contributed by atoms with Gasteiger partial charge >= 0.3 is 0 Å². The van der Waals surface area contributed by atoms with Crippen LogP contribution in [0.1, 0.15) is 35.2 Å². The molecule has 1 fully saturated rings. The minimum atomic E-state index is -0.597. The summed E-state index contributed by atoms with van der Waals surface area (Å²) in [6, 6.07) is 12.4. The van der Waals surface area contributed by atoms with Crippen molar-refractivity contribution in [3.8, 4) is 5.75 Å². The predicted octanol–water partition coefficient (Wildman–Crippen LogP) is 3.91. The van der Waals surface area contributed by atoms with Crippen LogP contribution in [0.4, 0.5) is 5.69 Å². The molecule has 0 aliphatic carbocycles. The molecule has 4 rings (SSSR count). The van der Waals surface area contributed by atoms with E-state index in [-0.39, 0.29) is 11.8 Å². The van der Waals surface area contributed by atoms with Gasteiger partial charge in [-0.15, -0.1) is 0 Å². The van der Waals surface area contributed by atoms with E-state index in [9.17, 15) is 9.59 Å². The van der Waals surface area contributed by atoms with E-state index in [1.165, 1.54) is 6.42 Å². The van der Waals surface area contributed by atoms with Crippen LogP contribution < -0.4 is 10.1 Å². The zero-order chi connectivity index (χ0) is 18.8. The largest absolute Gasteiger partial charge is 0.480 e. The Morgan fingerprint density at radius 2 is 1.89 bits per heavy atom. The number of nitrogens with zero attached hydrogens (tertiary/aromatic N) is 1. The molecule has 2 aromatic carbocycles. The van der Waals surface area contributed by atoms with E-state index < -0.39 is 6.10 Å². The fourth-order valence-corrected chi connectivity index (χ4v) is 3.79. The number of fused-ring (bicyclic) bond motifs is 1. The Bertz CT molecular complexity index is 877. The number of halogens is 1. The highest BCUT2D eigenvalue weighted by molar-refractivity contribution is 6.30. The summed E-state index contributed by atoms with van der Waals surface area (Å²) < 4.78 is 5.72. The SMILES string of the molecule is O=C(Nc1cccc(C(=O)N2CCCCC2)c1)[C@H]1Cc2cc(Cl)ccc2O1. The first-order valence-electron chi connectivity index (χ1n) is 9.25. The summed E-state index contributed by atoms with van der Waals surface area (Å²) in [6.07, 6.45) is 3.15. The van der Waals surface area contributed by atoms with Gasteiger partial charge in [0.1, 0.15) is 5.75 Å². The van der Waals surface area contributed by atoms with E-state index in [0.29, 0.717) is 28.4 Å². The summed E-state index contributed by atoms with van der Waals surface area (Å²) in [4.78, 5) is 27.1. The lowest BCUT2D eigenvalue weighted by molar-refractivity contribution is -0.122. The number of carbonyl (C=O) groups excluding carboxylic acids is 2. The second kappa shape index (κ2) is 7.61. The molecule has 0 aromatic heterocycles. The molecule has 2 aliphatic heterocycles. The molecule has 2 amide bonds. The van der Waals surface area contributed by atoms with E-state index in [1.807, 2.05) is 11.0 Å². The number of ether oxygens (including phenoxy) is 1. The molecule has 0 spiro atoms. The molecule has 1 N–H and O–H groups in total. The van der Waals surface area contributed by atoms with Crippen LogP contribution >= 0.6 is 11.6 Å². The molecule has 1 atom stereocenters. The van der Waals surface area contributed by atoms with Gasteiger partial charge in [-0.3, -0.25) is 9.59 Å². The lowest BCUT2D eigenvalue weighted by Gasteiger charge is -2.26. The van der Waals surface area contributed by atoms with Crippen molar-refractivity contribution in [2.75, 3.05) is 18.4 Å². The van der Waals surface area contributed by atoms with Crippen LogP contribution in [0.25, 0.3) is 0 Å². The van der Waals surface area contributed by atoms with Gasteiger partial charge in [0, 0.05) is 35.8 Å². The Labute approximate surface area is 163 Å². The normalized spacial score (nSPS) is 18.6. The van der Waals surface area contributed by atoms with E-state index >= 15 is 0 Å². The number of rotatable bonds is 3. The van der Waals surface area contributed by atoms with Crippen LogP contribution in [0.5, 0.6) is 5.75 Å². The maximum absolute atomic E-state index is 12.7. The summed E-state index contributed by atoms with van der Waals surface area (Å²) in [7, 11) is 0. The van der Waals surface area contributed by atoms with Gasteiger partial charge in [0.2, 0.25) is 0 Å². The van der Waals surface area contributed by atoms with Crippen LogP contribution in [0.2, 0.25) is 5.02 Å². The predicted molar refractivity (Wildman–Crippen MR) is 104 cm³/mol. The molecule has 0 saturated carbocycles. The van der Waals surface area contributed by atoms with Crippen LogP contribution in [0.3, 0.4) is 0 Å². The fraction of sp³-hybridized carbons (Fsp3) is 0.333. The number of anilines is 1. The van der Waals surface area contributed by atoms with Crippen molar-refractivity contribution in [1.82, 2.24) is 4.90 Å². The minimum Gasteiger partial charge on any atom is -0.480 e. The second-order valence-corrected chi connectivity index (χ2v) is 7.42. The maximum Gasteiger partial charge on any atom is 0.265 e. The van der Waals surface area contributed by atoms with Gasteiger partial charge in [-0.25, -0.2) is 0 Å². The van der Waals surface area contributed by atoms with E-state index in [1.54, 1.807) is 36.4 Å². The molecule has 5 nitrogen and oxygen atoms in total. The van der Waals surface area contributed by atoms with Crippen molar-refractivity contribution >= 4 is 29.1 Å². The molecule has 27 heavy (non-hydrogen) atoms. The lowest BCUT2D eigenvalue weighted by atomic mass is 10.1. The molecule has 2 heterocycles. The molecule has 0 unspecified atom stereocenters. The zero-order valence-corrected chi connectivity index (χ0v) is 15.7. The van der Waals surface area contributed by atoms with Crippen molar-refractivity contribution in [2.24, 2.45) is 0 Å². The van der Waals surface area contributed by atoms with Crippen LogP contribution in [0, 0.1) is 0 Å². The Morgan fingerprint density at radius 3 is 2.70 bits per heavy atom. The van der Waals surface area contributed by atoms with Crippen molar-refractivity contribution in [3.05, 3.63) is 58.6 Å². The summed E-state index contributed by atoms with van der Waals surface area (Å²) in [6.45, 7) is 1.60. The van der Waals surface area contributed by atoms with E-state index in [2.05, 4.69) is 5.32 Å². The van der Waals surface area contributed by atoms with Gasteiger partial charge in [-0.2, -0.15) is 0 Å². The van der Waals surface area contributed by atoms with Crippen LogP contribution in [0.15, 0.2) is 42.5 Å². The summed E-state index contributed by atoms with van der Waals surface area (Å²) >= 11 is 6.00. The molecule has 1 saturated heterocycles. The highest BCUT2D eigenvalue weighted by Gasteiger charge is 2.29. The van der Waals surface area contributed by atoms with E-state index in [4.69, 9.17) is 16.3 Å². The standard InChI is InChI=1S/C21H21ClN2O3/c22-16-7-8-18-15(11-16)13-19(27-18)20(25)23-17-6-4-5-14(12-17)21(26)24-9-2-1-3-10-24/h4-8,11-12,19H,1-3,9-10,13H2,(H,23,25)/t19-/m1/s1. The molecule has 140 valence electrons. The highest BCUT2D eigenvalue weighted by Crippen LogP contribution is 2.31.